The van der Waals surface area contributed by atoms with Gasteiger partial charge < -0.3 is 4.42 Å². The summed E-state index contributed by atoms with van der Waals surface area (Å²) in [6.07, 6.45) is 1.66. The molecule has 3 rings (SSSR count). The zero-order chi connectivity index (χ0) is 15.4. The molecule has 0 aliphatic rings. The molecule has 0 radical (unpaired) electrons. The summed E-state index contributed by atoms with van der Waals surface area (Å²) in [5.74, 6) is 3.16. The quantitative estimate of drug-likeness (QED) is 0.635. The van der Waals surface area contributed by atoms with E-state index in [0.717, 1.165) is 29.0 Å². The number of aromatic nitrogens is 3. The highest BCUT2D eigenvalue weighted by Crippen LogP contribution is 2.26. The van der Waals surface area contributed by atoms with E-state index >= 15 is 0 Å². The second-order valence-corrected chi connectivity index (χ2v) is 6.55. The Labute approximate surface area is 134 Å². The fraction of sp³-hybridized carbons (Fsp3) is 0.294. The lowest BCUT2D eigenvalue weighted by molar-refractivity contribution is 0.569. The SMILES string of the molecule is CC(C)CSc1nnc(-c2ccco2)n1Cc1ccccc1. The molecule has 22 heavy (non-hydrogen) atoms. The fourth-order valence-corrected chi connectivity index (χ4v) is 3.02. The third-order valence-electron chi connectivity index (χ3n) is 3.19. The van der Waals surface area contributed by atoms with E-state index in [9.17, 15) is 0 Å². The molecular weight excluding hydrogens is 294 g/mol. The topological polar surface area (TPSA) is 43.9 Å². The van der Waals surface area contributed by atoms with Crippen LogP contribution in [0.1, 0.15) is 19.4 Å². The van der Waals surface area contributed by atoms with Gasteiger partial charge >= 0.3 is 0 Å². The van der Waals surface area contributed by atoms with Crippen molar-refractivity contribution in [2.45, 2.75) is 25.5 Å². The van der Waals surface area contributed by atoms with E-state index in [1.165, 1.54) is 5.56 Å². The second-order valence-electron chi connectivity index (χ2n) is 5.56. The first-order chi connectivity index (χ1) is 10.7. The number of nitrogens with zero attached hydrogens (tertiary/aromatic N) is 3. The van der Waals surface area contributed by atoms with Crippen molar-refractivity contribution >= 4 is 11.8 Å². The number of rotatable bonds is 6. The zero-order valence-electron chi connectivity index (χ0n) is 12.8. The predicted octanol–water partition coefficient (Wildman–Crippen LogP) is 4.33. The van der Waals surface area contributed by atoms with Gasteiger partial charge in [-0.1, -0.05) is 55.9 Å². The number of hydrogen-bond acceptors (Lipinski definition) is 4. The molecule has 0 fully saturated rings. The minimum absolute atomic E-state index is 0.610. The molecule has 0 aliphatic carbocycles. The minimum Gasteiger partial charge on any atom is -0.461 e. The van der Waals surface area contributed by atoms with Crippen molar-refractivity contribution in [3.8, 4) is 11.6 Å². The number of benzene rings is 1. The van der Waals surface area contributed by atoms with Gasteiger partial charge in [-0.2, -0.15) is 0 Å². The van der Waals surface area contributed by atoms with Gasteiger partial charge in [-0.3, -0.25) is 4.57 Å². The molecule has 0 amide bonds. The summed E-state index contributed by atoms with van der Waals surface area (Å²) in [6.45, 7) is 5.15. The Hall–Kier alpha value is -2.01. The Balaban J connectivity index is 1.93. The van der Waals surface area contributed by atoms with Gasteiger partial charge in [0.25, 0.3) is 0 Å². The van der Waals surface area contributed by atoms with E-state index in [-0.39, 0.29) is 0 Å². The maximum absolute atomic E-state index is 5.50. The van der Waals surface area contributed by atoms with Gasteiger partial charge in [0.05, 0.1) is 12.8 Å². The van der Waals surface area contributed by atoms with Gasteiger partial charge in [0.15, 0.2) is 10.9 Å². The van der Waals surface area contributed by atoms with Gasteiger partial charge in [0.2, 0.25) is 5.82 Å². The van der Waals surface area contributed by atoms with Crippen LogP contribution in [0.4, 0.5) is 0 Å². The predicted molar refractivity (Wildman–Crippen MR) is 88.8 cm³/mol. The standard InChI is InChI=1S/C17H19N3OS/c1-13(2)12-22-17-19-18-16(15-9-6-10-21-15)20(17)11-14-7-4-3-5-8-14/h3-10,13H,11-12H2,1-2H3. The summed E-state index contributed by atoms with van der Waals surface area (Å²) >= 11 is 1.74. The van der Waals surface area contributed by atoms with Gasteiger partial charge in [-0.25, -0.2) is 0 Å². The van der Waals surface area contributed by atoms with Crippen molar-refractivity contribution in [3.05, 3.63) is 54.3 Å². The lowest BCUT2D eigenvalue weighted by atomic mass is 10.2. The molecule has 0 unspecified atom stereocenters. The molecule has 0 spiro atoms. The molecule has 2 aromatic heterocycles. The summed E-state index contributed by atoms with van der Waals surface area (Å²) in [7, 11) is 0. The maximum Gasteiger partial charge on any atom is 0.200 e. The summed E-state index contributed by atoms with van der Waals surface area (Å²) in [4.78, 5) is 0. The van der Waals surface area contributed by atoms with Crippen LogP contribution in [0.2, 0.25) is 0 Å². The summed E-state index contributed by atoms with van der Waals surface area (Å²) in [5.41, 5.74) is 1.22. The second kappa shape index (κ2) is 6.83. The van der Waals surface area contributed by atoms with Crippen LogP contribution >= 0.6 is 11.8 Å². The minimum atomic E-state index is 0.610. The van der Waals surface area contributed by atoms with Crippen LogP contribution in [0.5, 0.6) is 0 Å². The molecule has 0 aliphatic heterocycles. The fourth-order valence-electron chi connectivity index (χ4n) is 2.13. The maximum atomic E-state index is 5.50. The molecule has 0 N–H and O–H groups in total. The van der Waals surface area contributed by atoms with E-state index in [1.54, 1.807) is 18.0 Å². The van der Waals surface area contributed by atoms with Crippen molar-refractivity contribution in [2.75, 3.05) is 5.75 Å². The molecule has 0 bridgehead atoms. The van der Waals surface area contributed by atoms with Crippen LogP contribution in [-0.4, -0.2) is 20.5 Å². The molecule has 4 nitrogen and oxygen atoms in total. The molecule has 1 aromatic carbocycles. The lowest BCUT2D eigenvalue weighted by Crippen LogP contribution is -2.04. The highest BCUT2D eigenvalue weighted by atomic mass is 32.2. The van der Waals surface area contributed by atoms with Crippen LogP contribution in [-0.2, 0) is 6.54 Å². The van der Waals surface area contributed by atoms with Crippen LogP contribution in [0.3, 0.4) is 0 Å². The normalized spacial score (nSPS) is 11.2. The Morgan fingerprint density at radius 3 is 2.59 bits per heavy atom. The van der Waals surface area contributed by atoms with Gasteiger partial charge in [0.1, 0.15) is 0 Å². The Morgan fingerprint density at radius 2 is 1.91 bits per heavy atom. The van der Waals surface area contributed by atoms with Gasteiger partial charge in [-0.15, -0.1) is 10.2 Å². The third-order valence-corrected chi connectivity index (χ3v) is 4.58. The van der Waals surface area contributed by atoms with E-state index in [2.05, 4.69) is 40.7 Å². The summed E-state index contributed by atoms with van der Waals surface area (Å²) < 4.78 is 7.63. The first kappa shape index (κ1) is 14.9. The van der Waals surface area contributed by atoms with Crippen molar-refractivity contribution in [3.63, 3.8) is 0 Å². The molecule has 5 heteroatoms. The molecule has 0 saturated carbocycles. The van der Waals surface area contributed by atoms with Crippen molar-refractivity contribution in [1.29, 1.82) is 0 Å². The highest BCUT2D eigenvalue weighted by molar-refractivity contribution is 7.99. The Morgan fingerprint density at radius 1 is 1.09 bits per heavy atom. The average molecular weight is 313 g/mol. The Kier molecular flexibility index (Phi) is 4.63. The van der Waals surface area contributed by atoms with E-state index in [4.69, 9.17) is 4.42 Å². The Bertz CT molecular complexity index is 705. The van der Waals surface area contributed by atoms with Gasteiger partial charge in [0, 0.05) is 5.75 Å². The number of hydrogen-bond donors (Lipinski definition) is 0. The van der Waals surface area contributed by atoms with Crippen LogP contribution in [0, 0.1) is 5.92 Å². The summed E-state index contributed by atoms with van der Waals surface area (Å²) in [6, 6.07) is 14.1. The molecule has 0 saturated heterocycles. The average Bonchev–Trinajstić information content (AvgIpc) is 3.16. The van der Waals surface area contributed by atoms with E-state index in [0.29, 0.717) is 5.92 Å². The molecule has 0 atom stereocenters. The molecule has 3 aromatic rings. The van der Waals surface area contributed by atoms with Crippen LogP contribution in [0.25, 0.3) is 11.6 Å². The van der Waals surface area contributed by atoms with Crippen molar-refractivity contribution in [1.82, 2.24) is 14.8 Å². The largest absolute Gasteiger partial charge is 0.461 e. The van der Waals surface area contributed by atoms with Gasteiger partial charge in [-0.05, 0) is 23.6 Å². The van der Waals surface area contributed by atoms with Crippen molar-refractivity contribution < 1.29 is 4.42 Å². The molecular formula is C17H19N3OS. The first-order valence-electron chi connectivity index (χ1n) is 7.38. The number of thioether (sulfide) groups is 1. The van der Waals surface area contributed by atoms with Crippen LogP contribution < -0.4 is 0 Å². The highest BCUT2D eigenvalue weighted by Gasteiger charge is 2.16. The molecule has 2 heterocycles. The van der Waals surface area contributed by atoms with Crippen molar-refractivity contribution in [2.24, 2.45) is 5.92 Å². The van der Waals surface area contributed by atoms with E-state index < -0.39 is 0 Å². The third kappa shape index (κ3) is 3.42. The smallest absolute Gasteiger partial charge is 0.200 e. The first-order valence-corrected chi connectivity index (χ1v) is 8.36. The lowest BCUT2D eigenvalue weighted by Gasteiger charge is -2.10. The molecule has 114 valence electrons. The monoisotopic (exact) mass is 313 g/mol. The number of furan rings is 1. The zero-order valence-corrected chi connectivity index (χ0v) is 13.6. The van der Waals surface area contributed by atoms with Crippen LogP contribution in [0.15, 0.2) is 58.3 Å². The van der Waals surface area contributed by atoms with E-state index in [1.807, 2.05) is 30.3 Å². The summed E-state index contributed by atoms with van der Waals surface area (Å²) in [5, 5.41) is 9.62.